The minimum Gasteiger partial charge on any atom is -0.495 e. The molecule has 2 aromatic rings. The van der Waals surface area contributed by atoms with Crippen LogP contribution < -0.4 is 19.7 Å². The molecule has 0 aromatic heterocycles. The first-order chi connectivity index (χ1) is 13.0. The molecule has 2 aromatic carbocycles. The molecule has 6 nitrogen and oxygen atoms in total. The molecule has 2 amide bonds. The summed E-state index contributed by atoms with van der Waals surface area (Å²) in [4.78, 5) is 26.0. The maximum atomic E-state index is 12.5. The Morgan fingerprint density at radius 3 is 2.56 bits per heavy atom. The number of rotatable bonds is 6. The third-order valence-corrected chi connectivity index (χ3v) is 4.52. The highest BCUT2D eigenvalue weighted by Gasteiger charge is 2.22. The molecule has 0 bridgehead atoms. The summed E-state index contributed by atoms with van der Waals surface area (Å²) in [5.74, 6) is 1.05. The Hall–Kier alpha value is -3.02. The van der Waals surface area contributed by atoms with Crippen molar-refractivity contribution in [2.45, 2.75) is 32.8 Å². The number of hydrogen-bond donors (Lipinski definition) is 1. The van der Waals surface area contributed by atoms with Crippen LogP contribution in [0.15, 0.2) is 42.5 Å². The molecule has 1 atom stereocenters. The van der Waals surface area contributed by atoms with Gasteiger partial charge in [0.25, 0.3) is 5.91 Å². The minimum absolute atomic E-state index is 0.142. The molecule has 142 valence electrons. The number of aryl methyl sites for hydroxylation is 1. The standard InChI is InChI=1S/C21H24N2O4/c1-14-6-11-19(26-3)18(13-14)22-21(25)15(2)27-17-9-7-16(8-10-17)23-12-4-5-20(23)24/h6-11,13,15H,4-5,12H2,1-3H3,(H,22,25)/t15-/m0/s1. The lowest BCUT2D eigenvalue weighted by Crippen LogP contribution is -2.30. The first kappa shape index (κ1) is 18.8. The summed E-state index contributed by atoms with van der Waals surface area (Å²) in [6.07, 6.45) is 0.795. The lowest BCUT2D eigenvalue weighted by Gasteiger charge is -2.18. The van der Waals surface area contributed by atoms with Gasteiger partial charge in [-0.2, -0.15) is 0 Å². The van der Waals surface area contributed by atoms with Crippen LogP contribution in [0.2, 0.25) is 0 Å². The molecule has 0 aliphatic carbocycles. The lowest BCUT2D eigenvalue weighted by atomic mass is 10.2. The van der Waals surface area contributed by atoms with Crippen LogP contribution in [0.5, 0.6) is 11.5 Å². The number of hydrogen-bond acceptors (Lipinski definition) is 4. The Morgan fingerprint density at radius 1 is 1.19 bits per heavy atom. The largest absolute Gasteiger partial charge is 0.495 e. The number of nitrogens with one attached hydrogen (secondary N) is 1. The number of ether oxygens (including phenoxy) is 2. The van der Waals surface area contributed by atoms with Gasteiger partial charge in [-0.3, -0.25) is 9.59 Å². The van der Waals surface area contributed by atoms with Crippen molar-refractivity contribution in [3.8, 4) is 11.5 Å². The Labute approximate surface area is 159 Å². The highest BCUT2D eigenvalue weighted by molar-refractivity contribution is 5.96. The van der Waals surface area contributed by atoms with Crippen LogP contribution in [0, 0.1) is 6.92 Å². The quantitative estimate of drug-likeness (QED) is 0.847. The normalized spacial score (nSPS) is 14.8. The van der Waals surface area contributed by atoms with Gasteiger partial charge in [0.1, 0.15) is 11.5 Å². The van der Waals surface area contributed by atoms with Gasteiger partial charge in [-0.15, -0.1) is 0 Å². The number of anilines is 2. The molecule has 1 saturated heterocycles. The van der Waals surface area contributed by atoms with E-state index in [1.165, 1.54) is 0 Å². The van der Waals surface area contributed by atoms with Crippen LogP contribution in [-0.4, -0.2) is 31.6 Å². The SMILES string of the molecule is COc1ccc(C)cc1NC(=O)[C@H](C)Oc1ccc(N2CCCC2=O)cc1. The molecule has 1 N–H and O–H groups in total. The fraction of sp³-hybridized carbons (Fsp3) is 0.333. The van der Waals surface area contributed by atoms with E-state index in [0.29, 0.717) is 23.6 Å². The van der Waals surface area contributed by atoms with Crippen LogP contribution in [-0.2, 0) is 9.59 Å². The maximum absolute atomic E-state index is 12.5. The summed E-state index contributed by atoms with van der Waals surface area (Å²) in [6.45, 7) is 4.38. The Balaban J connectivity index is 1.63. The first-order valence-electron chi connectivity index (χ1n) is 9.00. The van der Waals surface area contributed by atoms with E-state index in [9.17, 15) is 9.59 Å². The van der Waals surface area contributed by atoms with Gasteiger partial charge in [-0.1, -0.05) is 6.07 Å². The fourth-order valence-electron chi connectivity index (χ4n) is 3.04. The van der Waals surface area contributed by atoms with Gasteiger partial charge in [-0.05, 0) is 62.2 Å². The van der Waals surface area contributed by atoms with Crippen molar-refractivity contribution in [1.29, 1.82) is 0 Å². The number of carbonyl (C=O) groups is 2. The monoisotopic (exact) mass is 368 g/mol. The summed E-state index contributed by atoms with van der Waals surface area (Å²) in [5, 5.41) is 2.84. The summed E-state index contributed by atoms with van der Waals surface area (Å²) in [6, 6.07) is 12.8. The molecule has 27 heavy (non-hydrogen) atoms. The third kappa shape index (κ3) is 4.39. The molecule has 3 rings (SSSR count). The van der Waals surface area contributed by atoms with E-state index >= 15 is 0 Å². The molecule has 1 aliphatic heterocycles. The zero-order valence-corrected chi connectivity index (χ0v) is 15.8. The van der Waals surface area contributed by atoms with Crippen molar-refractivity contribution in [2.24, 2.45) is 0 Å². The van der Waals surface area contributed by atoms with Crippen molar-refractivity contribution in [3.63, 3.8) is 0 Å². The zero-order valence-electron chi connectivity index (χ0n) is 15.8. The third-order valence-electron chi connectivity index (χ3n) is 4.52. The molecule has 6 heteroatoms. The van der Waals surface area contributed by atoms with Crippen molar-refractivity contribution < 1.29 is 19.1 Å². The van der Waals surface area contributed by atoms with Crippen LogP contribution in [0.1, 0.15) is 25.3 Å². The second kappa shape index (κ2) is 8.12. The topological polar surface area (TPSA) is 67.9 Å². The van der Waals surface area contributed by atoms with Gasteiger partial charge in [0.2, 0.25) is 5.91 Å². The van der Waals surface area contributed by atoms with E-state index in [-0.39, 0.29) is 11.8 Å². The molecule has 0 radical (unpaired) electrons. The van der Waals surface area contributed by atoms with Gasteiger partial charge in [-0.25, -0.2) is 0 Å². The Bertz CT molecular complexity index is 833. The van der Waals surface area contributed by atoms with Crippen molar-refractivity contribution in [1.82, 2.24) is 0 Å². The van der Waals surface area contributed by atoms with Crippen molar-refractivity contribution in [2.75, 3.05) is 23.9 Å². The van der Waals surface area contributed by atoms with Gasteiger partial charge in [0, 0.05) is 18.7 Å². The lowest BCUT2D eigenvalue weighted by molar-refractivity contribution is -0.122. The summed E-state index contributed by atoms with van der Waals surface area (Å²) in [7, 11) is 1.56. The molecular formula is C21H24N2O4. The van der Waals surface area contributed by atoms with Crippen LogP contribution in [0.4, 0.5) is 11.4 Å². The summed E-state index contributed by atoms with van der Waals surface area (Å²) >= 11 is 0. The molecule has 0 saturated carbocycles. The number of carbonyl (C=O) groups excluding carboxylic acids is 2. The predicted molar refractivity (Wildman–Crippen MR) is 104 cm³/mol. The zero-order chi connectivity index (χ0) is 19.4. The highest BCUT2D eigenvalue weighted by Crippen LogP contribution is 2.26. The predicted octanol–water partition coefficient (Wildman–Crippen LogP) is 3.54. The molecule has 0 unspecified atom stereocenters. The van der Waals surface area contributed by atoms with E-state index in [1.807, 2.05) is 37.3 Å². The van der Waals surface area contributed by atoms with Gasteiger partial charge in [0.05, 0.1) is 12.8 Å². The van der Waals surface area contributed by atoms with Gasteiger partial charge < -0.3 is 19.7 Å². The second-order valence-electron chi connectivity index (χ2n) is 6.60. The van der Waals surface area contributed by atoms with Crippen molar-refractivity contribution in [3.05, 3.63) is 48.0 Å². The van der Waals surface area contributed by atoms with Crippen LogP contribution in [0.3, 0.4) is 0 Å². The molecule has 0 spiro atoms. The highest BCUT2D eigenvalue weighted by atomic mass is 16.5. The van der Waals surface area contributed by atoms with E-state index in [1.54, 1.807) is 31.1 Å². The van der Waals surface area contributed by atoms with Gasteiger partial charge in [0.15, 0.2) is 6.10 Å². The van der Waals surface area contributed by atoms with E-state index in [2.05, 4.69) is 5.32 Å². The smallest absolute Gasteiger partial charge is 0.265 e. The minimum atomic E-state index is -0.686. The van der Waals surface area contributed by atoms with E-state index < -0.39 is 6.10 Å². The second-order valence-corrected chi connectivity index (χ2v) is 6.60. The number of nitrogens with zero attached hydrogens (tertiary/aromatic N) is 1. The van der Waals surface area contributed by atoms with Crippen LogP contribution in [0.25, 0.3) is 0 Å². The molecule has 1 aliphatic rings. The first-order valence-corrected chi connectivity index (χ1v) is 9.00. The number of benzene rings is 2. The average Bonchev–Trinajstić information content (AvgIpc) is 3.08. The van der Waals surface area contributed by atoms with Gasteiger partial charge >= 0.3 is 0 Å². The van der Waals surface area contributed by atoms with Crippen molar-refractivity contribution >= 4 is 23.2 Å². The molecular weight excluding hydrogens is 344 g/mol. The van der Waals surface area contributed by atoms with Crippen LogP contribution >= 0.6 is 0 Å². The molecule has 1 fully saturated rings. The number of amides is 2. The fourth-order valence-corrected chi connectivity index (χ4v) is 3.04. The summed E-state index contributed by atoms with van der Waals surface area (Å²) < 4.78 is 11.0. The Morgan fingerprint density at radius 2 is 1.93 bits per heavy atom. The molecule has 1 heterocycles. The Kier molecular flexibility index (Phi) is 5.64. The summed E-state index contributed by atoms with van der Waals surface area (Å²) in [5.41, 5.74) is 2.49. The number of methoxy groups -OCH3 is 1. The maximum Gasteiger partial charge on any atom is 0.265 e. The average molecular weight is 368 g/mol. The van der Waals surface area contributed by atoms with E-state index in [0.717, 1.165) is 24.2 Å². The van der Waals surface area contributed by atoms with E-state index in [4.69, 9.17) is 9.47 Å².